The van der Waals surface area contributed by atoms with Crippen LogP contribution in [0.5, 0.6) is 0 Å². The number of hydrogen-bond donors (Lipinski definition) is 1. The molecule has 0 aliphatic heterocycles. The molecule has 20 heavy (non-hydrogen) atoms. The van der Waals surface area contributed by atoms with Gasteiger partial charge in [0.1, 0.15) is 11.9 Å². The fourth-order valence-corrected chi connectivity index (χ4v) is 2.68. The lowest BCUT2D eigenvalue weighted by Crippen LogP contribution is -2.51. The van der Waals surface area contributed by atoms with Gasteiger partial charge in [0.25, 0.3) is 0 Å². The van der Waals surface area contributed by atoms with E-state index in [0.29, 0.717) is 13.0 Å². The molecule has 0 fully saturated rings. The third kappa shape index (κ3) is 5.46. The zero-order valence-corrected chi connectivity index (χ0v) is 13.2. The Balaban J connectivity index is 2.53. The van der Waals surface area contributed by atoms with Crippen molar-refractivity contribution < 1.29 is 9.53 Å². The minimum Gasteiger partial charge on any atom is -0.465 e. The maximum absolute atomic E-state index is 12.1. The molecule has 1 heterocycles. The summed E-state index contributed by atoms with van der Waals surface area (Å²) in [6.45, 7) is 7.01. The summed E-state index contributed by atoms with van der Waals surface area (Å²) in [7, 11) is 0. The first-order valence-corrected chi connectivity index (χ1v) is 7.92. The summed E-state index contributed by atoms with van der Waals surface area (Å²) in [4.78, 5) is 20.1. The molecular weight excluding hydrogens is 274 g/mol. The highest BCUT2D eigenvalue weighted by Crippen LogP contribution is 2.20. The van der Waals surface area contributed by atoms with Crippen LogP contribution in [0.15, 0.2) is 23.6 Å². The lowest BCUT2D eigenvalue weighted by molar-refractivity contribution is -0.150. The van der Waals surface area contributed by atoms with E-state index in [1.807, 2.05) is 19.9 Å². The zero-order valence-electron chi connectivity index (χ0n) is 12.4. The minimum atomic E-state index is -0.633. The quantitative estimate of drug-likeness (QED) is 0.428. The van der Waals surface area contributed by atoms with Crippen LogP contribution in [0.4, 0.5) is 0 Å². The normalized spacial score (nSPS) is 13.8. The minimum absolute atomic E-state index is 0.184. The third-order valence-electron chi connectivity index (χ3n) is 2.90. The lowest BCUT2D eigenvalue weighted by Gasteiger charge is -2.28. The van der Waals surface area contributed by atoms with Gasteiger partial charge in [0.15, 0.2) is 0 Å². The van der Waals surface area contributed by atoms with Crippen molar-refractivity contribution in [2.24, 2.45) is 0 Å². The van der Waals surface area contributed by atoms with Crippen LogP contribution in [0.25, 0.3) is 0 Å². The van der Waals surface area contributed by atoms with E-state index < -0.39 is 5.54 Å². The summed E-state index contributed by atoms with van der Waals surface area (Å²) in [6.07, 6.45) is 4.92. The highest BCUT2D eigenvalue weighted by molar-refractivity contribution is 7.99. The number of nitrogens with one attached hydrogen (secondary N) is 1. The van der Waals surface area contributed by atoms with Gasteiger partial charge in [0.2, 0.25) is 0 Å². The Bertz CT molecular complexity index is 403. The first-order valence-electron chi connectivity index (χ1n) is 6.93. The molecule has 0 saturated carbocycles. The summed E-state index contributed by atoms with van der Waals surface area (Å²) >= 11 is 1.62. The summed E-state index contributed by atoms with van der Waals surface area (Å²) in [5, 5.41) is 4.21. The van der Waals surface area contributed by atoms with Crippen molar-refractivity contribution in [1.82, 2.24) is 15.3 Å². The number of nitrogens with zero attached hydrogens (tertiary/aromatic N) is 2. The number of ether oxygens (including phenoxy) is 1. The number of aromatic nitrogens is 2. The number of esters is 1. The largest absolute Gasteiger partial charge is 0.465 e. The molecule has 0 amide bonds. The first-order chi connectivity index (χ1) is 9.62. The van der Waals surface area contributed by atoms with Gasteiger partial charge in [-0.3, -0.25) is 4.79 Å². The van der Waals surface area contributed by atoms with Gasteiger partial charge >= 0.3 is 5.97 Å². The first kappa shape index (κ1) is 16.9. The lowest BCUT2D eigenvalue weighted by atomic mass is 9.99. The van der Waals surface area contributed by atoms with Crippen LogP contribution in [-0.2, 0) is 9.53 Å². The molecule has 5 nitrogen and oxygen atoms in total. The van der Waals surface area contributed by atoms with E-state index in [9.17, 15) is 4.79 Å². The van der Waals surface area contributed by atoms with E-state index >= 15 is 0 Å². The molecule has 0 radical (unpaired) electrons. The van der Waals surface area contributed by atoms with Gasteiger partial charge in [-0.2, -0.15) is 0 Å². The molecule has 6 heteroatoms. The molecule has 0 aromatic carbocycles. The molecule has 1 N–H and O–H groups in total. The average Bonchev–Trinajstić information content (AvgIpc) is 2.46. The second-order valence-corrected chi connectivity index (χ2v) is 5.74. The summed E-state index contributed by atoms with van der Waals surface area (Å²) in [5.41, 5.74) is -0.633. The maximum Gasteiger partial charge on any atom is 0.326 e. The number of carbonyl (C=O) groups is 1. The molecule has 1 unspecified atom stereocenters. The van der Waals surface area contributed by atoms with Gasteiger partial charge in [-0.1, -0.05) is 6.92 Å². The number of rotatable bonds is 9. The Labute approximate surface area is 124 Å². The Kier molecular flexibility index (Phi) is 7.54. The topological polar surface area (TPSA) is 64.1 Å². The summed E-state index contributed by atoms with van der Waals surface area (Å²) < 4.78 is 5.17. The van der Waals surface area contributed by atoms with Crippen LogP contribution in [0.1, 0.15) is 33.6 Å². The molecule has 0 bridgehead atoms. The van der Waals surface area contributed by atoms with E-state index in [4.69, 9.17) is 4.74 Å². The zero-order chi connectivity index (χ0) is 14.8. The highest BCUT2D eigenvalue weighted by atomic mass is 32.2. The van der Waals surface area contributed by atoms with E-state index in [2.05, 4.69) is 22.2 Å². The van der Waals surface area contributed by atoms with Crippen LogP contribution < -0.4 is 5.32 Å². The Morgan fingerprint density at radius 2 is 2.30 bits per heavy atom. The predicted octanol–water partition coefficient (Wildman–Crippen LogP) is 2.28. The van der Waals surface area contributed by atoms with Gasteiger partial charge in [-0.15, -0.1) is 11.8 Å². The Hall–Kier alpha value is -1.14. The average molecular weight is 297 g/mol. The molecule has 1 aromatic rings. The van der Waals surface area contributed by atoms with E-state index in [0.717, 1.165) is 23.7 Å². The summed E-state index contributed by atoms with van der Waals surface area (Å²) in [6, 6.07) is 1.87. The highest BCUT2D eigenvalue weighted by Gasteiger charge is 2.33. The van der Waals surface area contributed by atoms with Crippen LogP contribution >= 0.6 is 11.8 Å². The molecule has 1 aromatic heterocycles. The Morgan fingerprint density at radius 1 is 1.50 bits per heavy atom. The van der Waals surface area contributed by atoms with Crippen molar-refractivity contribution >= 4 is 17.7 Å². The molecule has 0 spiro atoms. The second kappa shape index (κ2) is 8.92. The fourth-order valence-electron chi connectivity index (χ4n) is 1.68. The van der Waals surface area contributed by atoms with Crippen molar-refractivity contribution in [3.8, 4) is 0 Å². The SMILES string of the molecule is CCCNC(C)(CCSc1ccncn1)C(=O)OCC. The van der Waals surface area contributed by atoms with Gasteiger partial charge in [-0.25, -0.2) is 9.97 Å². The molecule has 0 saturated heterocycles. The molecule has 1 rings (SSSR count). The van der Waals surface area contributed by atoms with Crippen molar-refractivity contribution in [1.29, 1.82) is 0 Å². The van der Waals surface area contributed by atoms with Gasteiger partial charge in [0, 0.05) is 11.9 Å². The molecule has 0 aliphatic rings. The van der Waals surface area contributed by atoms with Gasteiger partial charge in [0.05, 0.1) is 11.6 Å². The van der Waals surface area contributed by atoms with Gasteiger partial charge < -0.3 is 10.1 Å². The monoisotopic (exact) mass is 297 g/mol. The van der Waals surface area contributed by atoms with E-state index in [-0.39, 0.29) is 5.97 Å². The predicted molar refractivity (Wildman–Crippen MR) is 80.7 cm³/mol. The number of thioether (sulfide) groups is 1. The van der Waals surface area contributed by atoms with Crippen LogP contribution in [0, 0.1) is 0 Å². The van der Waals surface area contributed by atoms with Crippen LogP contribution in [0.3, 0.4) is 0 Å². The molecule has 0 aliphatic carbocycles. The summed E-state index contributed by atoms with van der Waals surface area (Å²) in [5.74, 6) is 0.611. The third-order valence-corrected chi connectivity index (χ3v) is 3.84. The second-order valence-electron chi connectivity index (χ2n) is 4.63. The van der Waals surface area contributed by atoms with Crippen molar-refractivity contribution in [2.45, 2.75) is 44.2 Å². The van der Waals surface area contributed by atoms with Gasteiger partial charge in [-0.05, 0) is 39.3 Å². The fraction of sp³-hybridized carbons (Fsp3) is 0.643. The van der Waals surface area contributed by atoms with E-state index in [1.54, 1.807) is 18.0 Å². The standard InChI is InChI=1S/C14H23N3O2S/c1-4-8-17-14(3,13(18)19-5-2)7-10-20-12-6-9-15-11-16-12/h6,9,11,17H,4-5,7-8,10H2,1-3H3. The maximum atomic E-state index is 12.1. The molecule has 112 valence electrons. The van der Waals surface area contributed by atoms with Crippen LogP contribution in [-0.4, -0.2) is 40.4 Å². The number of carbonyl (C=O) groups excluding carboxylic acids is 1. The van der Waals surface area contributed by atoms with Crippen molar-refractivity contribution in [3.05, 3.63) is 18.6 Å². The van der Waals surface area contributed by atoms with Crippen molar-refractivity contribution in [3.63, 3.8) is 0 Å². The molecule has 1 atom stereocenters. The van der Waals surface area contributed by atoms with Crippen LogP contribution in [0.2, 0.25) is 0 Å². The Morgan fingerprint density at radius 3 is 2.90 bits per heavy atom. The van der Waals surface area contributed by atoms with Crippen molar-refractivity contribution in [2.75, 3.05) is 18.9 Å². The number of hydrogen-bond acceptors (Lipinski definition) is 6. The smallest absolute Gasteiger partial charge is 0.326 e. The molecular formula is C14H23N3O2S. The van der Waals surface area contributed by atoms with E-state index in [1.165, 1.54) is 6.33 Å².